The molecule has 0 atom stereocenters. The van der Waals surface area contributed by atoms with Gasteiger partial charge in [-0.2, -0.15) is 11.8 Å². The third kappa shape index (κ3) is 6.36. The van der Waals surface area contributed by atoms with E-state index in [9.17, 15) is 8.78 Å². The zero-order chi connectivity index (χ0) is 13.2. The van der Waals surface area contributed by atoms with Gasteiger partial charge in [0.2, 0.25) is 0 Å². The summed E-state index contributed by atoms with van der Waals surface area (Å²) < 4.78 is 25.6. The molecule has 1 aromatic rings. The lowest BCUT2D eigenvalue weighted by molar-refractivity contribution is 0.505. The molecule has 1 N–H and O–H groups in total. The van der Waals surface area contributed by atoms with Crippen molar-refractivity contribution in [1.29, 1.82) is 0 Å². The second kappa shape index (κ2) is 9.34. The van der Waals surface area contributed by atoms with E-state index >= 15 is 0 Å². The van der Waals surface area contributed by atoms with E-state index in [-0.39, 0.29) is 0 Å². The Kier molecular flexibility index (Phi) is 8.01. The summed E-state index contributed by atoms with van der Waals surface area (Å²) in [6, 6.07) is 4.04. The summed E-state index contributed by atoms with van der Waals surface area (Å²) in [5.41, 5.74) is 0.788. The topological polar surface area (TPSA) is 12.0 Å². The van der Waals surface area contributed by atoms with Crippen LogP contribution in [0.5, 0.6) is 0 Å². The lowest BCUT2D eigenvalue weighted by Gasteiger charge is -2.05. The molecule has 0 aliphatic carbocycles. The quantitative estimate of drug-likeness (QED) is 0.683. The molecule has 1 aromatic carbocycles. The van der Waals surface area contributed by atoms with Gasteiger partial charge in [0.1, 0.15) is 0 Å². The van der Waals surface area contributed by atoms with Crippen LogP contribution in [-0.4, -0.2) is 18.6 Å². The van der Waals surface area contributed by atoms with E-state index in [2.05, 4.69) is 11.6 Å². The largest absolute Gasteiger partial charge is 0.313 e. The molecular weight excluding hydrogens is 252 g/mol. The Morgan fingerprint density at radius 2 is 1.83 bits per heavy atom. The first-order valence-corrected chi connectivity index (χ1v) is 7.77. The summed E-state index contributed by atoms with van der Waals surface area (Å²) >= 11 is 1.89. The molecule has 0 amide bonds. The maximum absolute atomic E-state index is 12.9. The van der Waals surface area contributed by atoms with Gasteiger partial charge < -0.3 is 5.32 Å². The normalized spacial score (nSPS) is 10.8. The monoisotopic (exact) mass is 273 g/mol. The minimum Gasteiger partial charge on any atom is -0.313 e. The van der Waals surface area contributed by atoms with Crippen LogP contribution in [0.25, 0.3) is 0 Å². The molecule has 0 saturated heterocycles. The van der Waals surface area contributed by atoms with Crippen LogP contribution in [0.1, 0.15) is 31.2 Å². The third-order valence-corrected chi connectivity index (χ3v) is 3.46. The lowest BCUT2D eigenvalue weighted by atomic mass is 10.2. The van der Waals surface area contributed by atoms with E-state index in [1.807, 2.05) is 11.8 Å². The molecular formula is C14H21F2NS. The molecule has 0 bridgehead atoms. The summed E-state index contributed by atoms with van der Waals surface area (Å²) in [6.45, 7) is 1.53. The number of rotatable bonds is 9. The fraction of sp³-hybridized carbons (Fsp3) is 0.571. The van der Waals surface area contributed by atoms with Gasteiger partial charge in [0.25, 0.3) is 0 Å². The molecule has 0 fully saturated rings. The van der Waals surface area contributed by atoms with Gasteiger partial charge in [-0.05, 0) is 49.1 Å². The number of hydrogen-bond acceptors (Lipinski definition) is 2. The molecule has 102 valence electrons. The van der Waals surface area contributed by atoms with Crippen LogP contribution in [0.2, 0.25) is 0 Å². The maximum atomic E-state index is 12.9. The summed E-state index contributed by atoms with van der Waals surface area (Å²) in [7, 11) is 0. The first-order valence-electron chi connectivity index (χ1n) is 6.37. The Labute approximate surface area is 112 Å². The van der Waals surface area contributed by atoms with E-state index < -0.39 is 11.6 Å². The van der Waals surface area contributed by atoms with Crippen LogP contribution in [0.15, 0.2) is 18.2 Å². The smallest absolute Gasteiger partial charge is 0.159 e. The molecule has 0 saturated carbocycles. The standard InChI is InChI=1S/C14H21F2NS/c1-18-9-5-3-2-4-8-17-11-12-6-7-13(15)14(16)10-12/h6-7,10,17H,2-5,8-9,11H2,1H3. The van der Waals surface area contributed by atoms with E-state index in [1.54, 1.807) is 6.07 Å². The first-order chi connectivity index (χ1) is 8.74. The van der Waals surface area contributed by atoms with Gasteiger partial charge in [-0.15, -0.1) is 0 Å². The van der Waals surface area contributed by atoms with Crippen LogP contribution in [-0.2, 0) is 6.54 Å². The number of unbranched alkanes of at least 4 members (excludes halogenated alkanes) is 3. The van der Waals surface area contributed by atoms with Gasteiger partial charge in [-0.25, -0.2) is 8.78 Å². The molecule has 0 aliphatic heterocycles. The highest BCUT2D eigenvalue weighted by molar-refractivity contribution is 7.98. The van der Waals surface area contributed by atoms with Gasteiger partial charge in [-0.1, -0.05) is 18.9 Å². The minimum atomic E-state index is -0.785. The average molecular weight is 273 g/mol. The first kappa shape index (κ1) is 15.4. The van der Waals surface area contributed by atoms with E-state index in [4.69, 9.17) is 0 Å². The molecule has 1 rings (SSSR count). The van der Waals surface area contributed by atoms with Gasteiger partial charge in [0, 0.05) is 6.54 Å². The van der Waals surface area contributed by atoms with Crippen molar-refractivity contribution in [3.05, 3.63) is 35.4 Å². The highest BCUT2D eigenvalue weighted by atomic mass is 32.2. The van der Waals surface area contributed by atoms with Crippen molar-refractivity contribution in [3.8, 4) is 0 Å². The van der Waals surface area contributed by atoms with Gasteiger partial charge in [-0.3, -0.25) is 0 Å². The number of nitrogens with one attached hydrogen (secondary N) is 1. The van der Waals surface area contributed by atoms with Gasteiger partial charge in [0.15, 0.2) is 11.6 Å². The van der Waals surface area contributed by atoms with E-state index in [1.165, 1.54) is 37.1 Å². The van der Waals surface area contributed by atoms with Crippen LogP contribution in [0.4, 0.5) is 8.78 Å². The molecule has 4 heteroatoms. The van der Waals surface area contributed by atoms with Crippen LogP contribution in [0.3, 0.4) is 0 Å². The van der Waals surface area contributed by atoms with Crippen LogP contribution in [0, 0.1) is 11.6 Å². The Hall–Kier alpha value is -0.610. The number of benzene rings is 1. The predicted octanol–water partition coefficient (Wildman–Crippen LogP) is 3.98. The maximum Gasteiger partial charge on any atom is 0.159 e. The SMILES string of the molecule is CSCCCCCCNCc1ccc(F)c(F)c1. The van der Waals surface area contributed by atoms with Crippen molar-refractivity contribution in [2.75, 3.05) is 18.6 Å². The summed E-state index contributed by atoms with van der Waals surface area (Å²) in [4.78, 5) is 0. The molecule has 18 heavy (non-hydrogen) atoms. The predicted molar refractivity (Wildman–Crippen MR) is 74.9 cm³/mol. The van der Waals surface area contributed by atoms with Crippen molar-refractivity contribution in [2.45, 2.75) is 32.2 Å². The Balaban J connectivity index is 2.05. The Bertz CT molecular complexity index is 345. The number of halogens is 2. The van der Waals surface area contributed by atoms with Crippen molar-refractivity contribution in [1.82, 2.24) is 5.32 Å². The van der Waals surface area contributed by atoms with E-state index in [0.717, 1.165) is 18.5 Å². The van der Waals surface area contributed by atoms with Gasteiger partial charge in [0.05, 0.1) is 0 Å². The molecule has 0 aliphatic rings. The van der Waals surface area contributed by atoms with Gasteiger partial charge >= 0.3 is 0 Å². The second-order valence-corrected chi connectivity index (χ2v) is 5.32. The summed E-state index contributed by atoms with van der Waals surface area (Å²) in [6.07, 6.45) is 7.05. The molecule has 0 spiro atoms. The average Bonchev–Trinajstić information content (AvgIpc) is 2.37. The minimum absolute atomic E-state index is 0.599. The highest BCUT2D eigenvalue weighted by Crippen LogP contribution is 2.08. The van der Waals surface area contributed by atoms with Crippen molar-refractivity contribution < 1.29 is 8.78 Å². The third-order valence-electron chi connectivity index (χ3n) is 2.77. The molecule has 0 radical (unpaired) electrons. The summed E-state index contributed by atoms with van der Waals surface area (Å²) in [5, 5.41) is 3.24. The second-order valence-electron chi connectivity index (χ2n) is 4.33. The zero-order valence-electron chi connectivity index (χ0n) is 10.8. The summed E-state index contributed by atoms with van der Waals surface area (Å²) in [5.74, 6) is -0.318. The highest BCUT2D eigenvalue weighted by Gasteiger charge is 2.01. The molecule has 0 unspecified atom stereocenters. The van der Waals surface area contributed by atoms with E-state index in [0.29, 0.717) is 6.54 Å². The zero-order valence-corrected chi connectivity index (χ0v) is 11.7. The molecule has 0 aromatic heterocycles. The number of hydrogen-bond donors (Lipinski definition) is 1. The molecule has 1 nitrogen and oxygen atoms in total. The van der Waals surface area contributed by atoms with Crippen molar-refractivity contribution >= 4 is 11.8 Å². The molecule has 0 heterocycles. The van der Waals surface area contributed by atoms with Crippen molar-refractivity contribution in [3.63, 3.8) is 0 Å². The fourth-order valence-electron chi connectivity index (χ4n) is 1.73. The van der Waals surface area contributed by atoms with Crippen LogP contribution >= 0.6 is 11.8 Å². The number of thioether (sulfide) groups is 1. The Morgan fingerprint density at radius 3 is 2.56 bits per heavy atom. The Morgan fingerprint density at radius 1 is 1.06 bits per heavy atom. The fourth-order valence-corrected chi connectivity index (χ4v) is 2.23. The van der Waals surface area contributed by atoms with Crippen molar-refractivity contribution in [2.24, 2.45) is 0 Å². The van der Waals surface area contributed by atoms with Crippen LogP contribution < -0.4 is 5.32 Å². The lowest BCUT2D eigenvalue weighted by Crippen LogP contribution is -2.14.